The Morgan fingerprint density at radius 2 is 2.04 bits per heavy atom. The van der Waals surface area contributed by atoms with Crippen LogP contribution in [0.3, 0.4) is 0 Å². The van der Waals surface area contributed by atoms with Crippen LogP contribution in [-0.2, 0) is 6.54 Å². The fraction of sp³-hybridized carbons (Fsp3) is 0.409. The van der Waals surface area contributed by atoms with Crippen molar-refractivity contribution in [3.63, 3.8) is 0 Å². The highest BCUT2D eigenvalue weighted by molar-refractivity contribution is 6.08. The van der Waals surface area contributed by atoms with Gasteiger partial charge in [0.1, 0.15) is 0 Å². The Morgan fingerprint density at radius 3 is 2.68 bits per heavy atom. The van der Waals surface area contributed by atoms with Crippen LogP contribution in [0.25, 0.3) is 22.2 Å². The van der Waals surface area contributed by atoms with E-state index in [-0.39, 0.29) is 18.6 Å². The van der Waals surface area contributed by atoms with Gasteiger partial charge in [-0.3, -0.25) is 9.48 Å². The number of aromatic nitrogens is 3. The smallest absolute Gasteiger partial charge is 0.254 e. The Labute approximate surface area is 165 Å². The highest BCUT2D eigenvalue weighted by Gasteiger charge is 2.22. The van der Waals surface area contributed by atoms with Crippen molar-refractivity contribution < 1.29 is 9.90 Å². The zero-order valence-electron chi connectivity index (χ0n) is 17.2. The fourth-order valence-corrected chi connectivity index (χ4v) is 3.47. The third-order valence-corrected chi connectivity index (χ3v) is 5.22. The standard InChI is InChI=1S/C22H28N4O2/c1-6-26(14(2)3)22(28)19-11-20(17-12-23-25(13-17)9-10-27)24-21-16(5)15(4)7-8-18(19)21/h7-8,11-14,27H,6,9-10H2,1-5H3. The lowest BCUT2D eigenvalue weighted by molar-refractivity contribution is 0.0719. The zero-order valence-corrected chi connectivity index (χ0v) is 17.2. The van der Waals surface area contributed by atoms with E-state index < -0.39 is 0 Å². The predicted octanol–water partition coefficient (Wildman–Crippen LogP) is 3.58. The molecule has 2 heterocycles. The second-order valence-electron chi connectivity index (χ2n) is 7.36. The molecule has 0 unspecified atom stereocenters. The molecule has 0 spiro atoms. The lowest BCUT2D eigenvalue weighted by Gasteiger charge is -2.26. The molecule has 2 aromatic heterocycles. The quantitative estimate of drug-likeness (QED) is 0.710. The average molecular weight is 380 g/mol. The topological polar surface area (TPSA) is 71.2 Å². The molecule has 3 rings (SSSR count). The summed E-state index contributed by atoms with van der Waals surface area (Å²) in [5.41, 5.74) is 5.27. The largest absolute Gasteiger partial charge is 0.394 e. The maximum atomic E-state index is 13.4. The summed E-state index contributed by atoms with van der Waals surface area (Å²) in [6.07, 6.45) is 3.58. The number of aliphatic hydroxyl groups excluding tert-OH is 1. The van der Waals surface area contributed by atoms with Gasteiger partial charge in [0, 0.05) is 29.7 Å². The van der Waals surface area contributed by atoms with Gasteiger partial charge in [-0.25, -0.2) is 4.98 Å². The summed E-state index contributed by atoms with van der Waals surface area (Å²) in [6.45, 7) is 11.2. The van der Waals surface area contributed by atoms with Gasteiger partial charge in [-0.2, -0.15) is 5.10 Å². The van der Waals surface area contributed by atoms with Crippen LogP contribution < -0.4 is 0 Å². The first kappa shape index (κ1) is 20.0. The van der Waals surface area contributed by atoms with Crippen molar-refractivity contribution in [2.24, 2.45) is 0 Å². The molecule has 6 nitrogen and oxygen atoms in total. The van der Waals surface area contributed by atoms with Crippen LogP contribution >= 0.6 is 0 Å². The lowest BCUT2D eigenvalue weighted by atomic mass is 9.99. The molecule has 6 heteroatoms. The van der Waals surface area contributed by atoms with Crippen molar-refractivity contribution in [1.82, 2.24) is 19.7 Å². The molecular formula is C22H28N4O2. The summed E-state index contributed by atoms with van der Waals surface area (Å²) >= 11 is 0. The van der Waals surface area contributed by atoms with E-state index in [1.165, 1.54) is 0 Å². The number of amides is 1. The first-order valence-electron chi connectivity index (χ1n) is 9.73. The third kappa shape index (κ3) is 3.64. The van der Waals surface area contributed by atoms with Gasteiger partial charge in [0.15, 0.2) is 0 Å². The lowest BCUT2D eigenvalue weighted by Crippen LogP contribution is -2.36. The number of pyridine rings is 1. The molecule has 28 heavy (non-hydrogen) atoms. The molecule has 1 aromatic carbocycles. The van der Waals surface area contributed by atoms with Crippen molar-refractivity contribution in [3.8, 4) is 11.3 Å². The summed E-state index contributed by atoms with van der Waals surface area (Å²) in [4.78, 5) is 20.1. The van der Waals surface area contributed by atoms with Crippen LogP contribution in [0, 0.1) is 13.8 Å². The van der Waals surface area contributed by atoms with Crippen LogP contribution in [-0.4, -0.2) is 49.9 Å². The van der Waals surface area contributed by atoms with E-state index in [1.807, 2.05) is 57.0 Å². The van der Waals surface area contributed by atoms with Crippen LogP contribution in [0.1, 0.15) is 42.3 Å². The molecule has 0 radical (unpaired) electrons. The molecule has 0 bridgehead atoms. The van der Waals surface area contributed by atoms with Crippen molar-refractivity contribution in [3.05, 3.63) is 47.3 Å². The number of hydrogen-bond acceptors (Lipinski definition) is 4. The van der Waals surface area contributed by atoms with Crippen molar-refractivity contribution >= 4 is 16.8 Å². The number of carbonyl (C=O) groups excluding carboxylic acids is 1. The Balaban J connectivity index is 2.23. The highest BCUT2D eigenvalue weighted by atomic mass is 16.3. The molecular weight excluding hydrogens is 352 g/mol. The maximum Gasteiger partial charge on any atom is 0.254 e. The minimum absolute atomic E-state index is 0.0113. The second kappa shape index (κ2) is 8.10. The highest BCUT2D eigenvalue weighted by Crippen LogP contribution is 2.29. The molecule has 1 N–H and O–H groups in total. The zero-order chi connectivity index (χ0) is 20.4. The van der Waals surface area contributed by atoms with Crippen molar-refractivity contribution in [1.29, 1.82) is 0 Å². The van der Waals surface area contributed by atoms with Gasteiger partial charge in [0.2, 0.25) is 0 Å². The van der Waals surface area contributed by atoms with Gasteiger partial charge in [0.25, 0.3) is 5.91 Å². The second-order valence-corrected chi connectivity index (χ2v) is 7.36. The number of aryl methyl sites for hydroxylation is 2. The van der Waals surface area contributed by atoms with E-state index in [9.17, 15) is 4.79 Å². The fourth-order valence-electron chi connectivity index (χ4n) is 3.47. The minimum Gasteiger partial charge on any atom is -0.394 e. The average Bonchev–Trinajstić information content (AvgIpc) is 3.13. The first-order valence-corrected chi connectivity index (χ1v) is 9.73. The van der Waals surface area contributed by atoms with Gasteiger partial charge in [-0.15, -0.1) is 0 Å². The molecule has 0 saturated carbocycles. The molecule has 148 valence electrons. The van der Waals surface area contributed by atoms with Crippen LogP contribution in [0.15, 0.2) is 30.6 Å². The SMILES string of the molecule is CCN(C(=O)c1cc(-c2cnn(CCO)c2)nc2c(C)c(C)ccc12)C(C)C. The van der Waals surface area contributed by atoms with Gasteiger partial charge in [-0.1, -0.05) is 12.1 Å². The number of hydrogen-bond donors (Lipinski definition) is 1. The summed E-state index contributed by atoms with van der Waals surface area (Å²) in [5, 5.41) is 14.3. The molecule has 0 atom stereocenters. The van der Waals surface area contributed by atoms with E-state index in [0.29, 0.717) is 24.3 Å². The predicted molar refractivity (Wildman–Crippen MR) is 111 cm³/mol. The molecule has 0 saturated heterocycles. The maximum absolute atomic E-state index is 13.4. The third-order valence-electron chi connectivity index (χ3n) is 5.22. The number of carbonyl (C=O) groups is 1. The summed E-state index contributed by atoms with van der Waals surface area (Å²) in [5.74, 6) is 0.0113. The van der Waals surface area contributed by atoms with Crippen molar-refractivity contribution in [2.75, 3.05) is 13.2 Å². The van der Waals surface area contributed by atoms with Crippen molar-refractivity contribution in [2.45, 2.75) is 47.2 Å². The number of fused-ring (bicyclic) bond motifs is 1. The molecule has 0 fully saturated rings. The molecule has 3 aromatic rings. The number of aliphatic hydroxyl groups is 1. The van der Waals surface area contributed by atoms with E-state index in [1.54, 1.807) is 10.9 Å². The molecule has 1 amide bonds. The normalized spacial score (nSPS) is 11.4. The van der Waals surface area contributed by atoms with E-state index in [2.05, 4.69) is 12.0 Å². The van der Waals surface area contributed by atoms with Gasteiger partial charge >= 0.3 is 0 Å². The van der Waals surface area contributed by atoms with E-state index in [4.69, 9.17) is 10.1 Å². The van der Waals surface area contributed by atoms with Gasteiger partial charge in [0.05, 0.1) is 36.1 Å². The van der Waals surface area contributed by atoms with Crippen LogP contribution in [0.5, 0.6) is 0 Å². The monoisotopic (exact) mass is 380 g/mol. The summed E-state index contributed by atoms with van der Waals surface area (Å²) < 4.78 is 1.68. The van der Waals surface area contributed by atoms with E-state index >= 15 is 0 Å². The van der Waals surface area contributed by atoms with Crippen LogP contribution in [0.4, 0.5) is 0 Å². The Morgan fingerprint density at radius 1 is 1.29 bits per heavy atom. The molecule has 0 aliphatic rings. The molecule has 0 aliphatic heterocycles. The minimum atomic E-state index is 0.0113. The Kier molecular flexibility index (Phi) is 5.79. The number of rotatable bonds is 6. The molecule has 0 aliphatic carbocycles. The first-order chi connectivity index (χ1) is 13.4. The Bertz CT molecular complexity index is 1010. The summed E-state index contributed by atoms with van der Waals surface area (Å²) in [6, 6.07) is 6.01. The number of nitrogens with zero attached hydrogens (tertiary/aromatic N) is 4. The van der Waals surface area contributed by atoms with Gasteiger partial charge in [-0.05, 0) is 51.8 Å². The number of benzene rings is 1. The summed E-state index contributed by atoms with van der Waals surface area (Å²) in [7, 11) is 0. The van der Waals surface area contributed by atoms with Gasteiger partial charge < -0.3 is 10.0 Å². The van der Waals surface area contributed by atoms with E-state index in [0.717, 1.165) is 27.6 Å². The van der Waals surface area contributed by atoms with Crippen LogP contribution in [0.2, 0.25) is 0 Å². The Hall–Kier alpha value is -2.73.